The van der Waals surface area contributed by atoms with Gasteiger partial charge in [0.2, 0.25) is 16.0 Å². The zero-order chi connectivity index (χ0) is 21.9. The number of anilines is 4. The van der Waals surface area contributed by atoms with Crippen LogP contribution in [0.25, 0.3) is 11.0 Å². The minimum absolute atomic E-state index is 0.385. The zero-order valence-electron chi connectivity index (χ0n) is 17.1. The molecular formula is C18H23BrN8O2S. The van der Waals surface area contributed by atoms with Crippen molar-refractivity contribution in [1.82, 2.24) is 24.8 Å². The number of halogens is 1. The summed E-state index contributed by atoms with van der Waals surface area (Å²) in [5.41, 5.74) is 1.96. The summed E-state index contributed by atoms with van der Waals surface area (Å²) in [5.74, 6) is 0.949. The third kappa shape index (κ3) is 5.12. The van der Waals surface area contributed by atoms with Crippen LogP contribution in [0.4, 0.5) is 23.1 Å². The highest BCUT2D eigenvalue weighted by atomic mass is 79.9. The Morgan fingerprint density at radius 1 is 1.10 bits per heavy atom. The summed E-state index contributed by atoms with van der Waals surface area (Å²) in [6.45, 7) is 1.51. The van der Waals surface area contributed by atoms with E-state index in [0.29, 0.717) is 45.2 Å². The second-order valence-electron chi connectivity index (χ2n) is 6.86. The molecule has 0 atom stereocenters. The Morgan fingerprint density at radius 2 is 1.83 bits per heavy atom. The van der Waals surface area contributed by atoms with E-state index in [1.54, 1.807) is 24.5 Å². The van der Waals surface area contributed by atoms with Crippen LogP contribution in [0.1, 0.15) is 0 Å². The fourth-order valence-electron chi connectivity index (χ4n) is 2.67. The molecule has 0 aliphatic heterocycles. The number of benzene rings is 1. The molecule has 0 bridgehead atoms. The summed E-state index contributed by atoms with van der Waals surface area (Å²) in [7, 11) is 1.91. The molecule has 10 nitrogen and oxygen atoms in total. The van der Waals surface area contributed by atoms with Crippen LogP contribution in [-0.2, 0) is 10.0 Å². The van der Waals surface area contributed by atoms with Gasteiger partial charge in [0.25, 0.3) is 0 Å². The smallest absolute Gasteiger partial charge is 0.232 e. The maximum Gasteiger partial charge on any atom is 0.232 e. The molecule has 160 valence electrons. The SMILES string of the molecule is CN(C)CCNc1ncc(Br)c(Nc2ccc3nccnc3c2N(C)S(C)(=O)=O)n1. The van der Waals surface area contributed by atoms with Crippen LogP contribution in [0.15, 0.2) is 35.2 Å². The molecule has 0 saturated heterocycles. The first kappa shape index (κ1) is 22.1. The topological polar surface area (TPSA) is 116 Å². The van der Waals surface area contributed by atoms with E-state index in [1.807, 2.05) is 14.1 Å². The van der Waals surface area contributed by atoms with Gasteiger partial charge in [0.05, 0.1) is 21.9 Å². The number of sulfonamides is 1. The summed E-state index contributed by atoms with van der Waals surface area (Å²) in [6, 6.07) is 3.53. The molecule has 2 heterocycles. The van der Waals surface area contributed by atoms with Gasteiger partial charge in [-0.2, -0.15) is 4.98 Å². The van der Waals surface area contributed by atoms with Gasteiger partial charge in [-0.25, -0.2) is 13.4 Å². The van der Waals surface area contributed by atoms with Crippen LogP contribution < -0.4 is 14.9 Å². The van der Waals surface area contributed by atoms with E-state index in [2.05, 4.69) is 51.4 Å². The lowest BCUT2D eigenvalue weighted by Gasteiger charge is -2.22. The zero-order valence-corrected chi connectivity index (χ0v) is 19.5. The highest BCUT2D eigenvalue weighted by Crippen LogP contribution is 2.36. The lowest BCUT2D eigenvalue weighted by Crippen LogP contribution is -2.26. The second kappa shape index (κ2) is 9.06. The Morgan fingerprint density at radius 3 is 2.53 bits per heavy atom. The number of nitrogens with one attached hydrogen (secondary N) is 2. The van der Waals surface area contributed by atoms with Crippen molar-refractivity contribution < 1.29 is 8.42 Å². The van der Waals surface area contributed by atoms with E-state index in [9.17, 15) is 8.42 Å². The second-order valence-corrected chi connectivity index (χ2v) is 9.73. The first-order chi connectivity index (χ1) is 14.2. The molecule has 0 fully saturated rings. The van der Waals surface area contributed by atoms with Crippen molar-refractivity contribution in [2.75, 3.05) is 55.4 Å². The summed E-state index contributed by atoms with van der Waals surface area (Å²) in [6.07, 6.45) is 5.86. The normalized spacial score (nSPS) is 11.7. The van der Waals surface area contributed by atoms with E-state index in [4.69, 9.17) is 0 Å². The molecule has 3 rings (SSSR count). The van der Waals surface area contributed by atoms with E-state index < -0.39 is 10.0 Å². The molecule has 0 amide bonds. The average Bonchev–Trinajstić information content (AvgIpc) is 2.68. The number of hydrogen-bond donors (Lipinski definition) is 2. The Labute approximate surface area is 183 Å². The monoisotopic (exact) mass is 494 g/mol. The largest absolute Gasteiger partial charge is 0.353 e. The van der Waals surface area contributed by atoms with Gasteiger partial charge in [-0.15, -0.1) is 0 Å². The lowest BCUT2D eigenvalue weighted by molar-refractivity contribution is 0.425. The van der Waals surface area contributed by atoms with Crippen LogP contribution in [-0.4, -0.2) is 73.7 Å². The molecule has 0 aliphatic carbocycles. The molecule has 12 heteroatoms. The summed E-state index contributed by atoms with van der Waals surface area (Å²) in [5, 5.41) is 6.37. The van der Waals surface area contributed by atoms with Crippen LogP contribution in [0.3, 0.4) is 0 Å². The van der Waals surface area contributed by atoms with Crippen LogP contribution in [0, 0.1) is 0 Å². The molecule has 2 N–H and O–H groups in total. The average molecular weight is 495 g/mol. The maximum atomic E-state index is 12.3. The summed E-state index contributed by atoms with van der Waals surface area (Å²) in [4.78, 5) is 19.4. The van der Waals surface area contributed by atoms with Crippen LogP contribution in [0.2, 0.25) is 0 Å². The van der Waals surface area contributed by atoms with E-state index in [-0.39, 0.29) is 0 Å². The van der Waals surface area contributed by atoms with Gasteiger partial charge in [0.15, 0.2) is 0 Å². The first-order valence-corrected chi connectivity index (χ1v) is 11.7. The number of fused-ring (bicyclic) bond motifs is 1. The van der Waals surface area contributed by atoms with Crippen molar-refractivity contribution in [2.24, 2.45) is 0 Å². The molecule has 3 aromatic rings. The van der Waals surface area contributed by atoms with Crippen molar-refractivity contribution in [3.63, 3.8) is 0 Å². The Bertz CT molecular complexity index is 1160. The molecule has 0 spiro atoms. The molecule has 0 radical (unpaired) electrons. The predicted molar refractivity (Wildman–Crippen MR) is 123 cm³/mol. The minimum atomic E-state index is -3.54. The number of nitrogens with zero attached hydrogens (tertiary/aromatic N) is 6. The fourth-order valence-corrected chi connectivity index (χ4v) is 3.47. The predicted octanol–water partition coefficient (Wildman–Crippen LogP) is 2.30. The molecule has 30 heavy (non-hydrogen) atoms. The van der Waals surface area contributed by atoms with Crippen molar-refractivity contribution in [3.05, 3.63) is 35.2 Å². The van der Waals surface area contributed by atoms with Gasteiger partial charge in [0.1, 0.15) is 17.0 Å². The van der Waals surface area contributed by atoms with E-state index >= 15 is 0 Å². The third-order valence-corrected chi connectivity index (χ3v) is 6.02. The van der Waals surface area contributed by atoms with Gasteiger partial charge in [-0.05, 0) is 42.2 Å². The molecule has 2 aromatic heterocycles. The first-order valence-electron chi connectivity index (χ1n) is 9.02. The van der Waals surface area contributed by atoms with Crippen molar-refractivity contribution in [1.29, 1.82) is 0 Å². The molecule has 0 saturated carbocycles. The maximum absolute atomic E-state index is 12.3. The number of hydrogen-bond acceptors (Lipinski definition) is 9. The van der Waals surface area contributed by atoms with Crippen molar-refractivity contribution in [3.8, 4) is 0 Å². The lowest BCUT2D eigenvalue weighted by atomic mass is 10.2. The van der Waals surface area contributed by atoms with E-state index in [1.165, 1.54) is 17.5 Å². The van der Waals surface area contributed by atoms with Gasteiger partial charge in [0, 0.05) is 38.7 Å². The van der Waals surface area contributed by atoms with Crippen molar-refractivity contribution >= 4 is 60.1 Å². The Hall–Kier alpha value is -2.57. The number of aromatic nitrogens is 4. The van der Waals surface area contributed by atoms with Crippen molar-refractivity contribution in [2.45, 2.75) is 0 Å². The number of likely N-dealkylation sites (N-methyl/N-ethyl adjacent to an activating group) is 1. The molecule has 1 aromatic carbocycles. The Kier molecular flexibility index (Phi) is 6.68. The third-order valence-electron chi connectivity index (χ3n) is 4.27. The standard InChI is InChI=1S/C18H23BrN8O2S/c1-26(2)10-9-22-18-23-11-12(19)17(25-18)24-14-6-5-13-15(21-8-7-20-13)16(14)27(3)30(4,28)29/h5-8,11H,9-10H2,1-4H3,(H2,22,23,24,25). The van der Waals surface area contributed by atoms with Crippen LogP contribution >= 0.6 is 15.9 Å². The van der Waals surface area contributed by atoms with Gasteiger partial charge in [-0.3, -0.25) is 14.3 Å². The van der Waals surface area contributed by atoms with Gasteiger partial charge in [-0.1, -0.05) is 0 Å². The summed E-state index contributed by atoms with van der Waals surface area (Å²) >= 11 is 3.45. The molecule has 0 aliphatic rings. The van der Waals surface area contributed by atoms with Gasteiger partial charge < -0.3 is 15.5 Å². The van der Waals surface area contributed by atoms with Crippen LogP contribution in [0.5, 0.6) is 0 Å². The summed E-state index contributed by atoms with van der Waals surface area (Å²) < 4.78 is 26.4. The molecular weight excluding hydrogens is 472 g/mol. The fraction of sp³-hybridized carbons (Fsp3) is 0.333. The minimum Gasteiger partial charge on any atom is -0.353 e. The van der Waals surface area contributed by atoms with E-state index in [0.717, 1.165) is 12.8 Å². The highest BCUT2D eigenvalue weighted by molar-refractivity contribution is 9.10. The Balaban J connectivity index is 2.01. The number of rotatable bonds is 8. The van der Waals surface area contributed by atoms with Gasteiger partial charge >= 0.3 is 0 Å². The molecule has 0 unspecified atom stereocenters. The highest BCUT2D eigenvalue weighted by Gasteiger charge is 2.21. The quantitative estimate of drug-likeness (QED) is 0.486.